The number of H-pyrrole nitrogens is 1. The Hall–Kier alpha value is -3.74. The van der Waals surface area contributed by atoms with Crippen LogP contribution in [0.4, 0.5) is 4.39 Å². The van der Waals surface area contributed by atoms with E-state index >= 15 is 0 Å². The van der Waals surface area contributed by atoms with E-state index in [9.17, 15) is 14.0 Å². The standard InChI is InChI=1S/C23H21FN4O2/c1-13-4-5-17(10-14(13)2)19-11-21-26-20(12-28(21)23(30)27-19)22(29)25-15(3)16-6-8-18(24)9-7-16/h4-12,15H,1-3H3,(H,25,29)(H,27,30)/t15-/m1/s1. The molecule has 30 heavy (non-hydrogen) atoms. The summed E-state index contributed by atoms with van der Waals surface area (Å²) in [5.41, 5.74) is 4.69. The summed E-state index contributed by atoms with van der Waals surface area (Å²) in [5, 5.41) is 2.82. The number of aromatic amines is 1. The van der Waals surface area contributed by atoms with Crippen LogP contribution < -0.4 is 11.0 Å². The van der Waals surface area contributed by atoms with Crippen molar-refractivity contribution in [1.29, 1.82) is 0 Å². The highest BCUT2D eigenvalue weighted by Gasteiger charge is 2.16. The van der Waals surface area contributed by atoms with Crippen LogP contribution in [0.15, 0.2) is 59.5 Å². The zero-order chi connectivity index (χ0) is 21.4. The maximum Gasteiger partial charge on any atom is 0.331 e. The number of rotatable bonds is 4. The topological polar surface area (TPSA) is 79.3 Å². The number of nitrogens with one attached hydrogen (secondary N) is 2. The molecule has 2 heterocycles. The van der Waals surface area contributed by atoms with Crippen molar-refractivity contribution in [3.05, 3.63) is 93.4 Å². The van der Waals surface area contributed by atoms with E-state index in [1.54, 1.807) is 25.1 Å². The van der Waals surface area contributed by atoms with Crippen LogP contribution in [0.1, 0.15) is 40.1 Å². The fourth-order valence-electron chi connectivity index (χ4n) is 3.28. The zero-order valence-electron chi connectivity index (χ0n) is 16.9. The van der Waals surface area contributed by atoms with Gasteiger partial charge in [-0.3, -0.25) is 9.20 Å². The van der Waals surface area contributed by atoms with Gasteiger partial charge in [-0.15, -0.1) is 0 Å². The van der Waals surface area contributed by atoms with E-state index in [4.69, 9.17) is 0 Å². The molecular weight excluding hydrogens is 383 g/mol. The van der Waals surface area contributed by atoms with Crippen molar-refractivity contribution in [2.45, 2.75) is 26.8 Å². The van der Waals surface area contributed by atoms with Crippen LogP contribution in [-0.2, 0) is 0 Å². The minimum absolute atomic E-state index is 0.131. The molecule has 0 radical (unpaired) electrons. The number of nitrogens with zero attached hydrogens (tertiary/aromatic N) is 2. The van der Waals surface area contributed by atoms with E-state index in [-0.39, 0.29) is 23.2 Å². The van der Waals surface area contributed by atoms with Crippen LogP contribution in [-0.4, -0.2) is 20.3 Å². The van der Waals surface area contributed by atoms with Crippen LogP contribution in [0.25, 0.3) is 16.9 Å². The van der Waals surface area contributed by atoms with Gasteiger partial charge in [0.1, 0.15) is 17.2 Å². The highest BCUT2D eigenvalue weighted by atomic mass is 19.1. The molecule has 1 atom stereocenters. The molecule has 0 saturated heterocycles. The number of aromatic nitrogens is 3. The van der Waals surface area contributed by atoms with Gasteiger partial charge in [-0.25, -0.2) is 14.2 Å². The Labute approximate surface area is 172 Å². The number of aryl methyl sites for hydroxylation is 2. The normalized spacial score (nSPS) is 12.1. The SMILES string of the molecule is Cc1ccc(-c2cc3nc(C(=O)N[C@H](C)c4ccc(F)cc4)cn3c(=O)[nH]2)cc1C. The molecular formula is C23H21FN4O2. The van der Waals surface area contributed by atoms with Gasteiger partial charge in [0.15, 0.2) is 0 Å². The maximum atomic E-state index is 13.1. The fraction of sp³-hybridized carbons (Fsp3) is 0.174. The van der Waals surface area contributed by atoms with Crippen molar-refractivity contribution < 1.29 is 9.18 Å². The first-order chi connectivity index (χ1) is 14.3. The number of carbonyl (C=O) groups excluding carboxylic acids is 1. The van der Waals surface area contributed by atoms with Crippen molar-refractivity contribution in [3.8, 4) is 11.3 Å². The Balaban J connectivity index is 1.63. The van der Waals surface area contributed by atoms with Crippen molar-refractivity contribution in [2.75, 3.05) is 0 Å². The molecule has 6 nitrogen and oxygen atoms in total. The van der Waals surface area contributed by atoms with Crippen LogP contribution in [0.5, 0.6) is 0 Å². The summed E-state index contributed by atoms with van der Waals surface area (Å²) in [7, 11) is 0. The first-order valence-electron chi connectivity index (χ1n) is 9.58. The van der Waals surface area contributed by atoms with Crippen LogP contribution >= 0.6 is 0 Å². The van der Waals surface area contributed by atoms with Crippen LogP contribution in [0, 0.1) is 19.7 Å². The highest BCUT2D eigenvalue weighted by molar-refractivity contribution is 5.93. The van der Waals surface area contributed by atoms with Gasteiger partial charge in [0.25, 0.3) is 5.91 Å². The number of amides is 1. The number of fused-ring (bicyclic) bond motifs is 1. The third kappa shape index (κ3) is 3.74. The molecule has 0 aliphatic rings. The van der Waals surface area contributed by atoms with Gasteiger partial charge in [-0.1, -0.05) is 24.3 Å². The average Bonchev–Trinajstić information content (AvgIpc) is 3.15. The molecule has 7 heteroatoms. The molecule has 2 aromatic carbocycles. The minimum Gasteiger partial charge on any atom is -0.344 e. The Bertz CT molecular complexity index is 1310. The van der Waals surface area contributed by atoms with Gasteiger partial charge >= 0.3 is 5.69 Å². The molecule has 152 valence electrons. The molecule has 2 N–H and O–H groups in total. The molecule has 0 fully saturated rings. The predicted octanol–water partition coefficient (Wildman–Crippen LogP) is 3.94. The molecule has 0 aliphatic heterocycles. The number of hydrogen-bond acceptors (Lipinski definition) is 3. The first kappa shape index (κ1) is 19.6. The second-order valence-corrected chi connectivity index (χ2v) is 7.39. The third-order valence-corrected chi connectivity index (χ3v) is 5.24. The minimum atomic E-state index is -0.414. The van der Waals surface area contributed by atoms with E-state index in [1.807, 2.05) is 32.0 Å². The zero-order valence-corrected chi connectivity index (χ0v) is 16.9. The predicted molar refractivity (Wildman–Crippen MR) is 113 cm³/mol. The summed E-state index contributed by atoms with van der Waals surface area (Å²) in [4.78, 5) is 32.3. The molecule has 4 rings (SSSR count). The lowest BCUT2D eigenvalue weighted by Crippen LogP contribution is -2.27. The monoisotopic (exact) mass is 404 g/mol. The summed E-state index contributed by atoms with van der Waals surface area (Å²) < 4.78 is 14.4. The summed E-state index contributed by atoms with van der Waals surface area (Å²) in [6.07, 6.45) is 1.41. The van der Waals surface area contributed by atoms with Crippen LogP contribution in [0.3, 0.4) is 0 Å². The third-order valence-electron chi connectivity index (χ3n) is 5.24. The molecule has 1 amide bonds. The van der Waals surface area contributed by atoms with Gasteiger partial charge in [0.2, 0.25) is 0 Å². The Morgan fingerprint density at radius 1 is 1.10 bits per heavy atom. The van der Waals surface area contributed by atoms with Crippen molar-refractivity contribution in [3.63, 3.8) is 0 Å². The van der Waals surface area contributed by atoms with Gasteiger partial charge in [0, 0.05) is 12.3 Å². The summed E-state index contributed by atoms with van der Waals surface area (Å²) in [6.45, 7) is 5.83. The van der Waals surface area contributed by atoms with Gasteiger partial charge < -0.3 is 10.3 Å². The van der Waals surface area contributed by atoms with E-state index in [2.05, 4.69) is 15.3 Å². The average molecular weight is 404 g/mol. The molecule has 0 aliphatic carbocycles. The van der Waals surface area contributed by atoms with E-state index < -0.39 is 5.91 Å². The Kier molecular flexibility index (Phi) is 4.95. The molecule has 0 unspecified atom stereocenters. The molecule has 0 bridgehead atoms. The van der Waals surface area contributed by atoms with Crippen molar-refractivity contribution >= 4 is 11.6 Å². The van der Waals surface area contributed by atoms with Gasteiger partial charge in [-0.2, -0.15) is 0 Å². The molecule has 2 aromatic heterocycles. The highest BCUT2D eigenvalue weighted by Crippen LogP contribution is 2.21. The van der Waals surface area contributed by atoms with Gasteiger partial charge in [0.05, 0.1) is 11.7 Å². The van der Waals surface area contributed by atoms with E-state index in [0.717, 1.165) is 22.3 Å². The van der Waals surface area contributed by atoms with E-state index in [0.29, 0.717) is 11.3 Å². The Morgan fingerprint density at radius 2 is 1.83 bits per heavy atom. The van der Waals surface area contributed by atoms with Crippen molar-refractivity contribution in [1.82, 2.24) is 19.7 Å². The number of imidazole rings is 1. The van der Waals surface area contributed by atoms with E-state index in [1.165, 1.54) is 22.7 Å². The number of hydrogen-bond donors (Lipinski definition) is 2. The lowest BCUT2D eigenvalue weighted by molar-refractivity contribution is 0.0935. The smallest absolute Gasteiger partial charge is 0.331 e. The number of benzene rings is 2. The molecule has 0 saturated carbocycles. The second-order valence-electron chi connectivity index (χ2n) is 7.39. The summed E-state index contributed by atoms with van der Waals surface area (Å²) >= 11 is 0. The quantitative estimate of drug-likeness (QED) is 0.541. The summed E-state index contributed by atoms with van der Waals surface area (Å²) in [6, 6.07) is 13.2. The summed E-state index contributed by atoms with van der Waals surface area (Å²) in [5.74, 6) is -0.751. The van der Waals surface area contributed by atoms with Crippen molar-refractivity contribution in [2.24, 2.45) is 0 Å². The van der Waals surface area contributed by atoms with Crippen LogP contribution in [0.2, 0.25) is 0 Å². The molecule has 0 spiro atoms. The largest absolute Gasteiger partial charge is 0.344 e. The first-order valence-corrected chi connectivity index (χ1v) is 9.58. The number of halogens is 1. The number of carbonyl (C=O) groups is 1. The maximum absolute atomic E-state index is 13.1. The lowest BCUT2D eigenvalue weighted by atomic mass is 10.0. The molecule has 4 aromatic rings. The van der Waals surface area contributed by atoms with Gasteiger partial charge in [-0.05, 0) is 61.2 Å². The Morgan fingerprint density at radius 3 is 2.53 bits per heavy atom. The lowest BCUT2D eigenvalue weighted by Gasteiger charge is -2.13. The second kappa shape index (κ2) is 7.59. The fourth-order valence-corrected chi connectivity index (χ4v) is 3.28.